The number of halogens is 1. The van der Waals surface area contributed by atoms with E-state index >= 15 is 0 Å². The molecule has 0 fully saturated rings. The van der Waals surface area contributed by atoms with Crippen LogP contribution >= 0.6 is 11.6 Å². The van der Waals surface area contributed by atoms with Gasteiger partial charge < -0.3 is 14.9 Å². The zero-order chi connectivity index (χ0) is 20.1. The number of nitrogens with zero attached hydrogens (tertiary/aromatic N) is 2. The van der Waals surface area contributed by atoms with E-state index in [1.807, 2.05) is 73.1 Å². The largest absolute Gasteiger partial charge is 0.356 e. The third-order valence-corrected chi connectivity index (χ3v) is 5.24. The summed E-state index contributed by atoms with van der Waals surface area (Å²) >= 11 is 6.03. The van der Waals surface area contributed by atoms with E-state index in [2.05, 4.69) is 19.9 Å². The predicted molar refractivity (Wildman–Crippen MR) is 116 cm³/mol. The molecule has 4 aromatic rings. The zero-order valence-corrected chi connectivity index (χ0v) is 16.8. The zero-order valence-electron chi connectivity index (χ0n) is 16.0. The highest BCUT2D eigenvalue weighted by Gasteiger charge is 2.17. The number of para-hydroxylation sites is 2. The van der Waals surface area contributed by atoms with Crippen molar-refractivity contribution < 1.29 is 4.79 Å². The van der Waals surface area contributed by atoms with Crippen molar-refractivity contribution >= 4 is 28.5 Å². The number of aromatic amines is 1. The molecule has 0 saturated heterocycles. The molecule has 0 radical (unpaired) electrons. The first kappa shape index (κ1) is 19.3. The molecular formula is C23H23ClN4O. The van der Waals surface area contributed by atoms with Gasteiger partial charge >= 0.3 is 0 Å². The van der Waals surface area contributed by atoms with Gasteiger partial charge in [0.05, 0.1) is 11.0 Å². The Labute approximate surface area is 174 Å². The van der Waals surface area contributed by atoms with Crippen molar-refractivity contribution in [1.82, 2.24) is 19.9 Å². The van der Waals surface area contributed by atoms with Crippen LogP contribution in [0.3, 0.4) is 0 Å². The molecule has 0 unspecified atom stereocenters. The summed E-state index contributed by atoms with van der Waals surface area (Å²) in [5.74, 6) is 0.993. The summed E-state index contributed by atoms with van der Waals surface area (Å²) in [5.41, 5.74) is 3.07. The lowest BCUT2D eigenvalue weighted by molar-refractivity contribution is -0.121. The Bertz CT molecular complexity index is 1040. The molecule has 2 aromatic carbocycles. The van der Waals surface area contributed by atoms with Gasteiger partial charge in [0.2, 0.25) is 5.91 Å². The third kappa shape index (κ3) is 5.06. The van der Waals surface area contributed by atoms with Gasteiger partial charge in [-0.3, -0.25) is 4.79 Å². The highest BCUT2D eigenvalue weighted by Crippen LogP contribution is 2.24. The maximum Gasteiger partial charge on any atom is 0.220 e. The first-order chi connectivity index (χ1) is 14.2. The average Bonchev–Trinajstić information content (AvgIpc) is 3.37. The van der Waals surface area contributed by atoms with E-state index in [9.17, 15) is 4.79 Å². The van der Waals surface area contributed by atoms with Crippen LogP contribution in [0.2, 0.25) is 5.02 Å². The van der Waals surface area contributed by atoms with Crippen LogP contribution < -0.4 is 5.32 Å². The Morgan fingerprint density at radius 3 is 2.59 bits per heavy atom. The van der Waals surface area contributed by atoms with E-state index in [0.717, 1.165) is 29.0 Å². The molecule has 0 bridgehead atoms. The molecule has 29 heavy (non-hydrogen) atoms. The number of aromatic nitrogens is 3. The van der Waals surface area contributed by atoms with Crippen molar-refractivity contribution in [2.45, 2.75) is 25.3 Å². The van der Waals surface area contributed by atoms with Crippen molar-refractivity contribution in [3.05, 3.63) is 89.5 Å². The minimum absolute atomic E-state index is 0.0354. The highest BCUT2D eigenvalue weighted by molar-refractivity contribution is 6.30. The second kappa shape index (κ2) is 8.97. The van der Waals surface area contributed by atoms with Crippen LogP contribution in [-0.2, 0) is 17.8 Å². The Hall–Kier alpha value is -3.05. The van der Waals surface area contributed by atoms with Crippen molar-refractivity contribution in [2.75, 3.05) is 6.54 Å². The fraction of sp³-hybridized carbons (Fsp3) is 0.217. The molecule has 2 aromatic heterocycles. The number of hydrogen-bond donors (Lipinski definition) is 2. The van der Waals surface area contributed by atoms with Crippen LogP contribution in [0, 0.1) is 0 Å². The summed E-state index contributed by atoms with van der Waals surface area (Å²) < 4.78 is 2.10. The van der Waals surface area contributed by atoms with Crippen LogP contribution in [0.1, 0.15) is 23.7 Å². The summed E-state index contributed by atoms with van der Waals surface area (Å²) in [4.78, 5) is 20.5. The van der Waals surface area contributed by atoms with E-state index in [4.69, 9.17) is 11.6 Å². The summed E-state index contributed by atoms with van der Waals surface area (Å²) in [6, 6.07) is 19.7. The van der Waals surface area contributed by atoms with E-state index in [0.29, 0.717) is 24.4 Å². The van der Waals surface area contributed by atoms with E-state index in [1.54, 1.807) is 0 Å². The normalized spacial score (nSPS) is 12.2. The molecule has 2 heterocycles. The SMILES string of the molecule is O=C(C[C@@H](Cn1cccc1)c1ccc(Cl)cc1)NCCc1nc2ccccc2[nH]1. The fourth-order valence-corrected chi connectivity index (χ4v) is 3.64. The monoisotopic (exact) mass is 406 g/mol. The highest BCUT2D eigenvalue weighted by atomic mass is 35.5. The number of rotatable bonds is 8. The minimum atomic E-state index is 0.0354. The fourth-order valence-electron chi connectivity index (χ4n) is 3.51. The summed E-state index contributed by atoms with van der Waals surface area (Å²) in [6.07, 6.45) is 5.12. The predicted octanol–water partition coefficient (Wildman–Crippen LogP) is 4.55. The molecule has 1 amide bonds. The second-order valence-corrected chi connectivity index (χ2v) is 7.57. The van der Waals surface area contributed by atoms with Crippen LogP contribution in [0.15, 0.2) is 73.1 Å². The van der Waals surface area contributed by atoms with Crippen molar-refractivity contribution in [1.29, 1.82) is 0 Å². The molecule has 0 aliphatic carbocycles. The average molecular weight is 407 g/mol. The van der Waals surface area contributed by atoms with E-state index in [-0.39, 0.29) is 11.8 Å². The third-order valence-electron chi connectivity index (χ3n) is 4.99. The van der Waals surface area contributed by atoms with Gasteiger partial charge in [0.15, 0.2) is 0 Å². The molecule has 1 atom stereocenters. The molecule has 0 saturated carbocycles. The second-order valence-electron chi connectivity index (χ2n) is 7.13. The number of H-pyrrole nitrogens is 1. The standard InChI is InChI=1S/C23H23ClN4O/c24-19-9-7-17(8-10-19)18(16-28-13-3-4-14-28)15-23(29)25-12-11-22-26-20-5-1-2-6-21(20)27-22/h1-10,13-14,18H,11-12,15-16H2,(H,25,29)(H,26,27)/t18-/m0/s1. The van der Waals surface area contributed by atoms with Crippen LogP contribution in [-0.4, -0.2) is 27.0 Å². The lowest BCUT2D eigenvalue weighted by atomic mass is 9.95. The van der Waals surface area contributed by atoms with Crippen LogP contribution in [0.4, 0.5) is 0 Å². The summed E-state index contributed by atoms with van der Waals surface area (Å²) in [6.45, 7) is 1.29. The van der Waals surface area contributed by atoms with Gasteiger partial charge in [-0.1, -0.05) is 35.9 Å². The summed E-state index contributed by atoms with van der Waals surface area (Å²) in [7, 11) is 0. The first-order valence-corrected chi connectivity index (χ1v) is 10.1. The van der Waals surface area contributed by atoms with Crippen molar-refractivity contribution in [3.63, 3.8) is 0 Å². The Morgan fingerprint density at radius 1 is 1.07 bits per heavy atom. The number of nitrogens with one attached hydrogen (secondary N) is 2. The van der Waals surface area contributed by atoms with Gasteiger partial charge in [0, 0.05) is 49.3 Å². The first-order valence-electron chi connectivity index (χ1n) is 9.74. The summed E-state index contributed by atoms with van der Waals surface area (Å²) in [5, 5.41) is 3.73. The lowest BCUT2D eigenvalue weighted by Crippen LogP contribution is -2.28. The van der Waals surface area contributed by atoms with Gasteiger partial charge in [-0.2, -0.15) is 0 Å². The maximum absolute atomic E-state index is 12.6. The lowest BCUT2D eigenvalue weighted by Gasteiger charge is -2.18. The Morgan fingerprint density at radius 2 is 1.83 bits per heavy atom. The molecule has 5 nitrogen and oxygen atoms in total. The van der Waals surface area contributed by atoms with Crippen molar-refractivity contribution in [3.8, 4) is 0 Å². The Kier molecular flexibility index (Phi) is 5.96. The molecule has 0 aliphatic heterocycles. The quantitative estimate of drug-likeness (QED) is 0.451. The van der Waals surface area contributed by atoms with Gasteiger partial charge in [-0.05, 0) is 42.0 Å². The van der Waals surface area contributed by atoms with Crippen LogP contribution in [0.5, 0.6) is 0 Å². The molecule has 2 N–H and O–H groups in total. The molecule has 0 aliphatic rings. The van der Waals surface area contributed by atoms with E-state index < -0.39 is 0 Å². The number of imidazole rings is 1. The van der Waals surface area contributed by atoms with E-state index in [1.165, 1.54) is 0 Å². The van der Waals surface area contributed by atoms with Crippen LogP contribution in [0.25, 0.3) is 11.0 Å². The maximum atomic E-state index is 12.6. The van der Waals surface area contributed by atoms with Gasteiger partial charge in [0.1, 0.15) is 5.82 Å². The minimum Gasteiger partial charge on any atom is -0.356 e. The molecule has 0 spiro atoms. The number of fused-ring (bicyclic) bond motifs is 1. The molecule has 4 rings (SSSR count). The smallest absolute Gasteiger partial charge is 0.220 e. The number of hydrogen-bond acceptors (Lipinski definition) is 2. The topological polar surface area (TPSA) is 62.7 Å². The molecular weight excluding hydrogens is 384 g/mol. The van der Waals surface area contributed by atoms with Gasteiger partial charge in [-0.25, -0.2) is 4.98 Å². The van der Waals surface area contributed by atoms with Gasteiger partial charge in [-0.15, -0.1) is 0 Å². The van der Waals surface area contributed by atoms with Gasteiger partial charge in [0.25, 0.3) is 0 Å². The Balaban J connectivity index is 1.36. The number of benzene rings is 2. The number of carbonyl (C=O) groups is 1. The molecule has 6 heteroatoms. The number of amides is 1. The number of carbonyl (C=O) groups excluding carboxylic acids is 1. The van der Waals surface area contributed by atoms with Crippen molar-refractivity contribution in [2.24, 2.45) is 0 Å². The molecule has 148 valence electrons.